The van der Waals surface area contributed by atoms with Crippen LogP contribution in [-0.2, 0) is 57.5 Å². The highest BCUT2D eigenvalue weighted by atomic mass is 19.3. The molecule has 4 fully saturated rings. The third kappa shape index (κ3) is 26.2. The summed E-state index contributed by atoms with van der Waals surface area (Å²) in [7, 11) is 8.48. The number of amides is 12. The van der Waals surface area contributed by atoms with Gasteiger partial charge < -0.3 is 70.9 Å². The predicted molar refractivity (Wildman–Crippen MR) is 385 cm³/mol. The Morgan fingerprint density at radius 1 is 0.520 bits per heavy atom. The summed E-state index contributed by atoms with van der Waals surface area (Å²) in [6.45, 7) is 20.3. The lowest BCUT2D eigenvalue weighted by atomic mass is 9.84. The standard InChI is InChI=1S/C74H129F2N13O13/c1-19-20-32-89-43-62(93)84(15)59(39-51-28-23-21-24-29-51)71(100)86(17)57(37-47(6)7)65(94)78-53(31-27-30-52-41-74(75,76)44-77-52)69(98)85(16)56(36-46(4)5)66(95)79-54(70(99)88-33-25-22-26-34-88)40-60(91)82(13)42-61(92)83(14)55(35-45(2)3)67(96)80-63(49(10)11)72(101)87(18)58(38-48(8)9)68(97)81-64(50(12)90)73(89)102/h45-59,63-64,77,90H,19-44H2,1-18H3,(H,78,94)(H,79,95)(H,80,96)(H,81,97)/t50-,52-,53+,54+,55+,56+,57+,58+,59+,63+,64+/m1/s1. The van der Waals surface area contributed by atoms with E-state index in [4.69, 9.17) is 0 Å². The van der Waals surface area contributed by atoms with E-state index in [2.05, 4.69) is 26.6 Å². The average Bonchev–Trinajstić information content (AvgIpc) is 0.871. The van der Waals surface area contributed by atoms with Crippen LogP contribution in [0.1, 0.15) is 212 Å². The number of hydrogen-bond acceptors (Lipinski definition) is 14. The molecular weight excluding hydrogens is 1320 g/mol. The minimum Gasteiger partial charge on any atom is -0.391 e. The normalized spacial score (nSPS) is 27.3. The smallest absolute Gasteiger partial charge is 0.261 e. The van der Waals surface area contributed by atoms with Gasteiger partial charge in [-0.05, 0) is 119 Å². The fourth-order valence-corrected chi connectivity index (χ4v) is 14.3. The molecule has 0 spiro atoms. The molecule has 26 nitrogen and oxygen atoms in total. The van der Waals surface area contributed by atoms with E-state index < -0.39 is 182 Å². The number of unbranched alkanes of at least 4 members (excludes halogenated alkanes) is 1. The van der Waals surface area contributed by atoms with E-state index in [0.29, 0.717) is 38.8 Å². The molecule has 4 rings (SSSR count). The van der Waals surface area contributed by atoms with Crippen LogP contribution in [0.5, 0.6) is 0 Å². The number of rotatable bonds is 20. The van der Waals surface area contributed by atoms with Crippen molar-refractivity contribution in [3.05, 3.63) is 0 Å². The first-order chi connectivity index (χ1) is 47.7. The number of nitrogens with one attached hydrogen (secondary N) is 5. The van der Waals surface area contributed by atoms with E-state index in [0.717, 1.165) is 43.4 Å². The lowest BCUT2D eigenvalue weighted by Crippen LogP contribution is -2.62. The Bertz CT molecular complexity index is 2820. The molecule has 28 heteroatoms. The highest BCUT2D eigenvalue weighted by Gasteiger charge is 2.45. The number of alkyl halides is 2. The number of halogens is 2. The Hall–Kier alpha value is -6.58. The van der Waals surface area contributed by atoms with Gasteiger partial charge in [0.15, 0.2) is 0 Å². The molecule has 582 valence electrons. The number of piperidine rings is 1. The quantitative estimate of drug-likeness (QED) is 0.0943. The molecule has 102 heavy (non-hydrogen) atoms. The van der Waals surface area contributed by atoms with Crippen LogP contribution in [0.3, 0.4) is 0 Å². The number of aliphatic hydroxyl groups excluding tert-OH is 1. The summed E-state index contributed by atoms with van der Waals surface area (Å²) >= 11 is 0. The zero-order chi connectivity index (χ0) is 76.8. The van der Waals surface area contributed by atoms with Gasteiger partial charge in [-0.2, -0.15) is 0 Å². The molecule has 0 radical (unpaired) electrons. The van der Waals surface area contributed by atoms with Gasteiger partial charge in [-0.1, -0.05) is 115 Å². The molecule has 0 aromatic carbocycles. The molecule has 0 aromatic rings. The number of hydrogen-bond donors (Lipinski definition) is 6. The first kappa shape index (κ1) is 87.8. The molecule has 3 saturated heterocycles. The van der Waals surface area contributed by atoms with Crippen molar-refractivity contribution in [2.24, 2.45) is 35.5 Å². The Balaban J connectivity index is 1.97. The maximum absolute atomic E-state index is 15.6. The molecule has 12 amide bonds. The third-order valence-corrected chi connectivity index (χ3v) is 20.7. The molecule has 3 aliphatic heterocycles. The topological polar surface area (TPSA) is 311 Å². The first-order valence-electron chi connectivity index (χ1n) is 37.8. The minimum absolute atomic E-state index is 0.00329. The van der Waals surface area contributed by atoms with Crippen LogP contribution in [0, 0.1) is 35.5 Å². The van der Waals surface area contributed by atoms with E-state index in [9.17, 15) is 42.7 Å². The summed E-state index contributed by atoms with van der Waals surface area (Å²) in [5.74, 6) is -12.9. The maximum Gasteiger partial charge on any atom is 0.261 e. The van der Waals surface area contributed by atoms with E-state index in [1.807, 2.05) is 62.3 Å². The molecule has 11 atom stereocenters. The Kier molecular flexibility index (Phi) is 35.5. The Labute approximate surface area is 606 Å². The highest BCUT2D eigenvalue weighted by Crippen LogP contribution is 2.32. The van der Waals surface area contributed by atoms with Crippen molar-refractivity contribution in [2.45, 2.75) is 284 Å². The summed E-state index contributed by atoms with van der Waals surface area (Å²) in [6.07, 6.45) is 5.58. The molecule has 1 saturated carbocycles. The monoisotopic (exact) mass is 1450 g/mol. The van der Waals surface area contributed by atoms with Crippen molar-refractivity contribution in [3.63, 3.8) is 0 Å². The number of aliphatic hydroxyl groups is 1. The number of likely N-dealkylation sites (N-methyl/N-ethyl adjacent to an activating group) is 6. The maximum atomic E-state index is 15.6. The van der Waals surface area contributed by atoms with Crippen LogP contribution >= 0.6 is 0 Å². The molecule has 6 N–H and O–H groups in total. The largest absolute Gasteiger partial charge is 0.391 e. The van der Waals surface area contributed by atoms with Crippen molar-refractivity contribution in [3.8, 4) is 0 Å². The number of carbonyl (C=O) groups excluding carboxylic acids is 12. The number of carbonyl (C=O) groups is 12. The highest BCUT2D eigenvalue weighted by molar-refractivity contribution is 6.00. The van der Waals surface area contributed by atoms with Gasteiger partial charge >= 0.3 is 0 Å². The van der Waals surface area contributed by atoms with Gasteiger partial charge in [-0.25, -0.2) is 8.78 Å². The van der Waals surface area contributed by atoms with E-state index in [1.54, 1.807) is 18.7 Å². The molecular formula is C74H129F2N13O13. The number of likely N-dealkylation sites (tertiary alicyclic amines) is 1. The van der Waals surface area contributed by atoms with Gasteiger partial charge in [-0.3, -0.25) is 57.5 Å². The fourth-order valence-electron chi connectivity index (χ4n) is 14.3. The Morgan fingerprint density at radius 3 is 1.47 bits per heavy atom. The Morgan fingerprint density at radius 2 is 0.980 bits per heavy atom. The van der Waals surface area contributed by atoms with Crippen LogP contribution in [-0.4, -0.2) is 269 Å². The van der Waals surface area contributed by atoms with Crippen LogP contribution in [0.2, 0.25) is 0 Å². The molecule has 0 unspecified atom stereocenters. The van der Waals surface area contributed by atoms with Crippen LogP contribution < -0.4 is 26.6 Å². The van der Waals surface area contributed by atoms with Crippen molar-refractivity contribution >= 4 is 70.9 Å². The second kappa shape index (κ2) is 41.2. The molecule has 1 aliphatic carbocycles. The predicted octanol–water partition coefficient (Wildman–Crippen LogP) is 4.92. The first-order valence-corrected chi connectivity index (χ1v) is 37.8. The minimum atomic E-state index is -2.95. The van der Waals surface area contributed by atoms with Crippen LogP contribution in [0.15, 0.2) is 0 Å². The SMILES string of the molecule is CCCCN1CC(=O)N(C)[C@@H](CC2CCCCC2)C(=O)N(C)[C@@H](CC(C)C)C(=O)N[C@@H](CCC[C@@H]2CC(F)(F)CN2)C(=O)N(C)[C@@H](CC(C)C)C(=O)N[C@H](C(=O)N2CCCCC2)CC(=O)N(C)CC(=O)N(C)[C@@H](CC(C)C)C(=O)N[C@@H](C(C)C)C(=O)N(C)[C@@H](CC(C)C)C(=O)N[C@@H]([C@@H](C)O)C1=O. The van der Waals surface area contributed by atoms with Crippen molar-refractivity contribution in [2.75, 3.05) is 81.6 Å². The molecule has 0 aromatic heterocycles. The van der Waals surface area contributed by atoms with E-state index >= 15 is 28.8 Å². The zero-order valence-electron chi connectivity index (χ0n) is 64.9. The summed E-state index contributed by atoms with van der Waals surface area (Å²) in [5, 5.41) is 25.6. The summed E-state index contributed by atoms with van der Waals surface area (Å²) in [6, 6.07) is -12.6. The average molecular weight is 1450 g/mol. The zero-order valence-corrected chi connectivity index (χ0v) is 64.9. The van der Waals surface area contributed by atoms with Gasteiger partial charge in [0.05, 0.1) is 32.2 Å². The van der Waals surface area contributed by atoms with Gasteiger partial charge in [0.25, 0.3) is 5.92 Å². The lowest BCUT2D eigenvalue weighted by molar-refractivity contribution is -0.152. The number of nitrogens with zero attached hydrogens (tertiary/aromatic N) is 8. The summed E-state index contributed by atoms with van der Waals surface area (Å²) in [4.78, 5) is 190. The molecule has 0 bridgehead atoms. The van der Waals surface area contributed by atoms with Gasteiger partial charge in [0, 0.05) is 74.4 Å². The van der Waals surface area contributed by atoms with Crippen molar-refractivity contribution in [1.82, 2.24) is 65.8 Å². The molecule has 3 heterocycles. The van der Waals surface area contributed by atoms with E-state index in [1.165, 1.54) is 78.6 Å². The lowest BCUT2D eigenvalue weighted by Gasteiger charge is -2.38. The van der Waals surface area contributed by atoms with Gasteiger partial charge in [-0.15, -0.1) is 0 Å². The second-order valence-corrected chi connectivity index (χ2v) is 31.8. The third-order valence-electron chi connectivity index (χ3n) is 20.7. The summed E-state index contributed by atoms with van der Waals surface area (Å²) < 4.78 is 29.1. The van der Waals surface area contributed by atoms with Crippen LogP contribution in [0.25, 0.3) is 0 Å². The van der Waals surface area contributed by atoms with Crippen molar-refractivity contribution < 1.29 is 71.4 Å². The molecule has 4 aliphatic rings. The fraction of sp³-hybridized carbons (Fsp3) is 0.838. The summed E-state index contributed by atoms with van der Waals surface area (Å²) in [5.41, 5.74) is 0. The second-order valence-electron chi connectivity index (χ2n) is 31.8. The van der Waals surface area contributed by atoms with Gasteiger partial charge in [0.1, 0.15) is 54.4 Å². The van der Waals surface area contributed by atoms with Gasteiger partial charge in [0.2, 0.25) is 70.9 Å². The van der Waals surface area contributed by atoms with E-state index in [-0.39, 0.29) is 87.5 Å². The van der Waals surface area contributed by atoms with Crippen molar-refractivity contribution in [1.29, 1.82) is 0 Å². The van der Waals surface area contributed by atoms with Crippen LogP contribution in [0.4, 0.5) is 8.78 Å².